The predicted octanol–water partition coefficient (Wildman–Crippen LogP) is 5.61. The van der Waals surface area contributed by atoms with Crippen LogP contribution in [0, 0.1) is 13.8 Å². The molecule has 1 heterocycles. The van der Waals surface area contributed by atoms with E-state index >= 15 is 0 Å². The van der Waals surface area contributed by atoms with Crippen LogP contribution >= 0.6 is 39.0 Å². The van der Waals surface area contributed by atoms with Gasteiger partial charge in [0.25, 0.3) is 5.91 Å². The van der Waals surface area contributed by atoms with Gasteiger partial charge in [0.2, 0.25) is 0 Å². The van der Waals surface area contributed by atoms with Gasteiger partial charge in [0.1, 0.15) is 0 Å². The molecule has 1 N–H and O–H groups in total. The number of thioether (sulfide) groups is 1. The topological polar surface area (TPSA) is 68.3 Å². The van der Waals surface area contributed by atoms with Crippen molar-refractivity contribution < 1.29 is 14.3 Å². The number of hydrogen-bond acceptors (Lipinski definition) is 6. The van der Waals surface area contributed by atoms with Crippen LogP contribution in [0.25, 0.3) is 0 Å². The van der Waals surface area contributed by atoms with E-state index in [1.807, 2.05) is 43.5 Å². The minimum atomic E-state index is -0.533. The maximum Gasteiger partial charge on any atom is 0.338 e. The number of carbonyl (C=O) groups is 2. The van der Waals surface area contributed by atoms with Crippen molar-refractivity contribution in [3.8, 4) is 0 Å². The number of aryl methyl sites for hydroxylation is 2. The molecule has 0 aliphatic carbocycles. The average Bonchev–Trinajstić information content (AvgIpc) is 3.12. The Hall–Kier alpha value is -2.16. The summed E-state index contributed by atoms with van der Waals surface area (Å²) in [6, 6.07) is 12.7. The lowest BCUT2D eigenvalue weighted by Crippen LogP contribution is -2.21. The van der Waals surface area contributed by atoms with E-state index in [0.29, 0.717) is 11.3 Å². The third kappa shape index (κ3) is 6.42. The van der Waals surface area contributed by atoms with Gasteiger partial charge in [-0.05, 0) is 71.7 Å². The first-order valence-corrected chi connectivity index (χ1v) is 11.4. The van der Waals surface area contributed by atoms with Gasteiger partial charge in [-0.1, -0.05) is 6.07 Å². The molecule has 0 fully saturated rings. The zero-order chi connectivity index (χ0) is 20.8. The number of esters is 1. The normalized spacial score (nSPS) is 10.6. The molecular formula is C21H19BrN2O3S2. The molecule has 0 bridgehead atoms. The highest BCUT2D eigenvalue weighted by Crippen LogP contribution is 2.25. The van der Waals surface area contributed by atoms with Crippen LogP contribution in [0.5, 0.6) is 0 Å². The second kappa shape index (κ2) is 10.0. The molecule has 5 nitrogen and oxygen atoms in total. The molecule has 0 unspecified atom stereocenters. The summed E-state index contributed by atoms with van der Waals surface area (Å²) in [4.78, 5) is 29.7. The SMILES string of the molecule is Cc1ccc(NC(=O)COC(=O)c2ccc(SCc3csc(C)n3)cc2)c(Br)c1. The molecule has 0 aliphatic heterocycles. The number of ether oxygens (including phenoxy) is 1. The van der Waals surface area contributed by atoms with Crippen molar-refractivity contribution in [2.75, 3.05) is 11.9 Å². The highest BCUT2D eigenvalue weighted by molar-refractivity contribution is 9.10. The van der Waals surface area contributed by atoms with E-state index in [1.165, 1.54) is 0 Å². The molecule has 8 heteroatoms. The maximum absolute atomic E-state index is 12.2. The van der Waals surface area contributed by atoms with Gasteiger partial charge in [-0.2, -0.15) is 0 Å². The molecule has 3 aromatic rings. The van der Waals surface area contributed by atoms with Gasteiger partial charge in [-0.25, -0.2) is 9.78 Å². The van der Waals surface area contributed by atoms with Gasteiger partial charge in [0, 0.05) is 20.5 Å². The van der Waals surface area contributed by atoms with Crippen molar-refractivity contribution >= 4 is 56.6 Å². The molecule has 0 atom stereocenters. The van der Waals surface area contributed by atoms with Crippen LogP contribution in [0.15, 0.2) is 57.2 Å². The molecule has 1 aromatic heterocycles. The zero-order valence-corrected chi connectivity index (χ0v) is 19.1. The first kappa shape index (κ1) is 21.5. The lowest BCUT2D eigenvalue weighted by atomic mass is 10.2. The first-order valence-electron chi connectivity index (χ1n) is 8.78. The van der Waals surface area contributed by atoms with Crippen LogP contribution in [0.2, 0.25) is 0 Å². The van der Waals surface area contributed by atoms with Crippen LogP contribution in [0.4, 0.5) is 5.69 Å². The number of amides is 1. The van der Waals surface area contributed by atoms with E-state index in [0.717, 1.165) is 31.4 Å². The third-order valence-corrected chi connectivity index (χ3v) is 6.40. The standard InChI is InChI=1S/C21H19BrN2O3S2/c1-13-3-8-19(18(22)9-13)24-20(25)10-27-21(26)15-4-6-17(7-5-15)29-12-16-11-28-14(2)23-16/h3-9,11H,10,12H2,1-2H3,(H,24,25). The quantitative estimate of drug-likeness (QED) is 0.344. The highest BCUT2D eigenvalue weighted by atomic mass is 79.9. The van der Waals surface area contributed by atoms with Gasteiger partial charge >= 0.3 is 5.97 Å². The van der Waals surface area contributed by atoms with Crippen molar-refractivity contribution in [2.45, 2.75) is 24.5 Å². The van der Waals surface area contributed by atoms with Gasteiger partial charge in [-0.3, -0.25) is 4.79 Å². The van der Waals surface area contributed by atoms with E-state index < -0.39 is 11.9 Å². The fourth-order valence-electron chi connectivity index (χ4n) is 2.44. The van der Waals surface area contributed by atoms with Crippen molar-refractivity contribution in [3.05, 3.63) is 74.1 Å². The van der Waals surface area contributed by atoms with E-state index in [2.05, 4.69) is 26.2 Å². The summed E-state index contributed by atoms with van der Waals surface area (Å²) < 4.78 is 5.89. The number of anilines is 1. The second-order valence-corrected chi connectivity index (χ2v) is 9.24. The fourth-order valence-corrected chi connectivity index (χ4v) is 4.54. The predicted molar refractivity (Wildman–Crippen MR) is 121 cm³/mol. The van der Waals surface area contributed by atoms with Crippen molar-refractivity contribution in [2.24, 2.45) is 0 Å². The summed E-state index contributed by atoms with van der Waals surface area (Å²) in [7, 11) is 0. The number of rotatable bonds is 7. The van der Waals surface area contributed by atoms with Crippen molar-refractivity contribution in [1.82, 2.24) is 4.98 Å². The summed E-state index contributed by atoms with van der Waals surface area (Å²) in [5.41, 5.74) is 3.16. The molecular weight excluding hydrogens is 472 g/mol. The summed E-state index contributed by atoms with van der Waals surface area (Å²) in [6.45, 7) is 3.60. The molecule has 0 saturated carbocycles. The average molecular weight is 491 g/mol. The van der Waals surface area contributed by atoms with Crippen LogP contribution in [0.3, 0.4) is 0 Å². The number of benzene rings is 2. The summed E-state index contributed by atoms with van der Waals surface area (Å²) in [5, 5.41) is 5.82. The molecule has 0 saturated heterocycles. The largest absolute Gasteiger partial charge is 0.452 e. The van der Waals surface area contributed by atoms with Gasteiger partial charge in [0.15, 0.2) is 6.61 Å². The Morgan fingerprint density at radius 3 is 2.59 bits per heavy atom. The molecule has 0 radical (unpaired) electrons. The summed E-state index contributed by atoms with van der Waals surface area (Å²) in [5.74, 6) is -0.147. The van der Waals surface area contributed by atoms with E-state index in [-0.39, 0.29) is 6.61 Å². The highest BCUT2D eigenvalue weighted by Gasteiger charge is 2.12. The Labute approximate surface area is 186 Å². The Morgan fingerprint density at radius 1 is 1.17 bits per heavy atom. The Morgan fingerprint density at radius 2 is 1.93 bits per heavy atom. The molecule has 29 heavy (non-hydrogen) atoms. The lowest BCUT2D eigenvalue weighted by Gasteiger charge is -2.09. The molecule has 0 spiro atoms. The minimum Gasteiger partial charge on any atom is -0.452 e. The van der Waals surface area contributed by atoms with Gasteiger partial charge in [0.05, 0.1) is 22.0 Å². The first-order chi connectivity index (χ1) is 13.9. The maximum atomic E-state index is 12.2. The smallest absolute Gasteiger partial charge is 0.338 e. The van der Waals surface area contributed by atoms with E-state index in [4.69, 9.17) is 4.74 Å². The number of aromatic nitrogens is 1. The molecule has 2 aromatic carbocycles. The number of hydrogen-bond donors (Lipinski definition) is 1. The zero-order valence-electron chi connectivity index (χ0n) is 15.9. The number of nitrogens with one attached hydrogen (secondary N) is 1. The van der Waals surface area contributed by atoms with Crippen LogP contribution < -0.4 is 5.32 Å². The summed E-state index contributed by atoms with van der Waals surface area (Å²) >= 11 is 6.69. The number of halogens is 1. The minimum absolute atomic E-state index is 0.348. The lowest BCUT2D eigenvalue weighted by molar-refractivity contribution is -0.119. The van der Waals surface area contributed by atoms with Crippen molar-refractivity contribution in [1.29, 1.82) is 0 Å². The van der Waals surface area contributed by atoms with Gasteiger partial charge < -0.3 is 10.1 Å². The van der Waals surface area contributed by atoms with Crippen LogP contribution in [0.1, 0.15) is 26.6 Å². The number of thiazole rings is 1. The van der Waals surface area contributed by atoms with Crippen molar-refractivity contribution in [3.63, 3.8) is 0 Å². The Kier molecular flexibility index (Phi) is 7.46. The second-order valence-electron chi connectivity index (χ2n) is 6.28. The Balaban J connectivity index is 1.48. The molecule has 0 aliphatic rings. The van der Waals surface area contributed by atoms with Crippen LogP contribution in [-0.2, 0) is 15.3 Å². The van der Waals surface area contributed by atoms with Crippen LogP contribution in [-0.4, -0.2) is 23.5 Å². The molecule has 3 rings (SSSR count). The van der Waals surface area contributed by atoms with E-state index in [1.54, 1.807) is 41.3 Å². The molecule has 1 amide bonds. The fraction of sp³-hybridized carbons (Fsp3) is 0.190. The number of nitrogens with zero attached hydrogens (tertiary/aromatic N) is 1. The van der Waals surface area contributed by atoms with E-state index in [9.17, 15) is 9.59 Å². The Bertz CT molecular complexity index is 1020. The summed E-state index contributed by atoms with van der Waals surface area (Å²) in [6.07, 6.45) is 0. The van der Waals surface area contributed by atoms with Gasteiger partial charge in [-0.15, -0.1) is 23.1 Å². The monoisotopic (exact) mass is 490 g/mol. The third-order valence-electron chi connectivity index (χ3n) is 3.88. The number of carbonyl (C=O) groups excluding carboxylic acids is 2. The molecule has 150 valence electrons.